The van der Waals surface area contributed by atoms with Gasteiger partial charge in [0.1, 0.15) is 5.75 Å². The van der Waals surface area contributed by atoms with Crippen LogP contribution in [0.4, 0.5) is 0 Å². The topological polar surface area (TPSA) is 31.2 Å². The number of nitrogens with zero attached hydrogens (tertiary/aromatic N) is 1. The molecule has 0 spiro atoms. The van der Waals surface area contributed by atoms with Crippen LogP contribution in [0.15, 0.2) is 29.2 Å². The summed E-state index contributed by atoms with van der Waals surface area (Å²) in [6.45, 7) is 0. The van der Waals surface area contributed by atoms with Crippen LogP contribution < -0.4 is 10.3 Å². The molecule has 0 aliphatic heterocycles. The summed E-state index contributed by atoms with van der Waals surface area (Å²) < 4.78 is 6.56. The van der Waals surface area contributed by atoms with Crippen molar-refractivity contribution in [2.75, 3.05) is 7.11 Å². The third-order valence-electron chi connectivity index (χ3n) is 2.37. The molecule has 0 fully saturated rings. The van der Waals surface area contributed by atoms with Gasteiger partial charge in [0.2, 0.25) is 0 Å². The molecule has 0 N–H and O–H groups in total. The largest absolute Gasteiger partial charge is 0.495 e. The van der Waals surface area contributed by atoms with E-state index in [0.717, 1.165) is 5.39 Å². The third-order valence-corrected chi connectivity index (χ3v) is 2.75. The molecule has 2 rings (SSSR count). The van der Waals surface area contributed by atoms with Gasteiger partial charge >= 0.3 is 0 Å². The zero-order valence-corrected chi connectivity index (χ0v) is 9.21. The summed E-state index contributed by atoms with van der Waals surface area (Å²) in [5, 5.41) is 1.70. The summed E-state index contributed by atoms with van der Waals surface area (Å²) in [4.78, 5) is 11.8. The highest BCUT2D eigenvalue weighted by Crippen LogP contribution is 2.30. The van der Waals surface area contributed by atoms with Crippen molar-refractivity contribution in [2.45, 2.75) is 0 Å². The molecule has 1 heterocycles. The van der Waals surface area contributed by atoms with Crippen LogP contribution in [0.25, 0.3) is 10.8 Å². The molecule has 4 heteroatoms. The Morgan fingerprint density at radius 1 is 1.33 bits per heavy atom. The average molecular weight is 224 g/mol. The molecule has 0 atom stereocenters. The predicted octanol–water partition coefficient (Wildman–Crippen LogP) is 2.20. The molecule has 2 aromatic rings. The summed E-state index contributed by atoms with van der Waals surface area (Å²) >= 11 is 6.08. The van der Waals surface area contributed by atoms with Gasteiger partial charge in [-0.2, -0.15) is 0 Å². The van der Waals surface area contributed by atoms with Gasteiger partial charge in [0, 0.05) is 13.2 Å². The number of ether oxygens (including phenoxy) is 1. The van der Waals surface area contributed by atoms with Crippen LogP contribution in [0.3, 0.4) is 0 Å². The third kappa shape index (κ3) is 1.49. The van der Waals surface area contributed by atoms with Crippen molar-refractivity contribution in [1.82, 2.24) is 4.57 Å². The molecule has 0 aliphatic rings. The first kappa shape index (κ1) is 10.1. The van der Waals surface area contributed by atoms with Crippen LogP contribution in [-0.4, -0.2) is 11.7 Å². The Bertz CT molecular complexity index is 575. The second-order valence-electron chi connectivity index (χ2n) is 3.28. The average Bonchev–Trinajstić information content (AvgIpc) is 2.24. The van der Waals surface area contributed by atoms with Crippen LogP contribution >= 0.6 is 11.6 Å². The number of rotatable bonds is 1. The highest BCUT2D eigenvalue weighted by Gasteiger charge is 2.09. The summed E-state index contributed by atoms with van der Waals surface area (Å²) in [7, 11) is 3.22. The lowest BCUT2D eigenvalue weighted by molar-refractivity contribution is 0.415. The van der Waals surface area contributed by atoms with E-state index >= 15 is 0 Å². The fraction of sp³-hybridized carbons (Fsp3) is 0.182. The van der Waals surface area contributed by atoms with Crippen molar-refractivity contribution in [3.05, 3.63) is 39.8 Å². The predicted molar refractivity (Wildman–Crippen MR) is 60.8 cm³/mol. The van der Waals surface area contributed by atoms with E-state index in [1.54, 1.807) is 19.3 Å². The molecule has 1 aromatic carbocycles. The van der Waals surface area contributed by atoms with Crippen molar-refractivity contribution in [2.24, 2.45) is 7.05 Å². The number of methoxy groups -OCH3 is 1. The molecule has 3 nitrogen and oxygen atoms in total. The Labute approximate surface area is 91.9 Å². The lowest BCUT2D eigenvalue weighted by atomic mass is 10.1. The lowest BCUT2D eigenvalue weighted by Gasteiger charge is -2.06. The summed E-state index contributed by atoms with van der Waals surface area (Å²) in [6, 6.07) is 5.42. The van der Waals surface area contributed by atoms with E-state index in [-0.39, 0.29) is 5.56 Å². The van der Waals surface area contributed by atoms with E-state index in [4.69, 9.17) is 16.3 Å². The first-order valence-corrected chi connectivity index (χ1v) is 4.85. The molecule has 0 bridgehead atoms. The summed E-state index contributed by atoms with van der Waals surface area (Å²) in [5.41, 5.74) is -0.114. The quantitative estimate of drug-likeness (QED) is 0.742. The first-order chi connectivity index (χ1) is 7.15. The number of aromatic nitrogens is 1. The molecular weight excluding hydrogens is 214 g/mol. The Hall–Kier alpha value is -1.48. The van der Waals surface area contributed by atoms with Crippen LogP contribution in [0.1, 0.15) is 0 Å². The molecule has 1 aromatic heterocycles. The molecule has 0 unspecified atom stereocenters. The van der Waals surface area contributed by atoms with Gasteiger partial charge in [-0.25, -0.2) is 0 Å². The normalized spacial score (nSPS) is 10.6. The van der Waals surface area contributed by atoms with Gasteiger partial charge in [-0.3, -0.25) is 4.79 Å². The fourth-order valence-electron chi connectivity index (χ4n) is 1.52. The summed E-state index contributed by atoms with van der Waals surface area (Å²) in [5.74, 6) is 0.521. The zero-order valence-electron chi connectivity index (χ0n) is 8.45. The zero-order chi connectivity index (χ0) is 11.0. The molecule has 0 radical (unpaired) electrons. The van der Waals surface area contributed by atoms with Crippen LogP contribution in [0.2, 0.25) is 5.02 Å². The Morgan fingerprint density at radius 2 is 2.07 bits per heavy atom. The Kier molecular flexibility index (Phi) is 2.40. The van der Waals surface area contributed by atoms with E-state index in [9.17, 15) is 4.79 Å². The maximum absolute atomic E-state index is 11.8. The van der Waals surface area contributed by atoms with Crippen molar-refractivity contribution < 1.29 is 4.74 Å². The second kappa shape index (κ2) is 3.59. The minimum atomic E-state index is -0.114. The SMILES string of the molecule is COc1ccc2ccn(C)c(=O)c2c1Cl. The minimum Gasteiger partial charge on any atom is -0.495 e. The molecule has 0 amide bonds. The highest BCUT2D eigenvalue weighted by molar-refractivity contribution is 6.36. The number of benzene rings is 1. The van der Waals surface area contributed by atoms with Gasteiger partial charge in [-0.1, -0.05) is 17.7 Å². The standard InChI is InChI=1S/C11H10ClNO2/c1-13-6-5-7-3-4-8(15-2)10(12)9(7)11(13)14/h3-6H,1-2H3. The molecule has 0 saturated heterocycles. The van der Waals surface area contributed by atoms with Gasteiger partial charge in [-0.15, -0.1) is 0 Å². The van der Waals surface area contributed by atoms with Crippen LogP contribution in [0, 0.1) is 0 Å². The number of aryl methyl sites for hydroxylation is 1. The smallest absolute Gasteiger partial charge is 0.259 e. The lowest BCUT2D eigenvalue weighted by Crippen LogP contribution is -2.15. The maximum Gasteiger partial charge on any atom is 0.259 e. The Balaban J connectivity index is 2.96. The number of pyridine rings is 1. The van der Waals surface area contributed by atoms with E-state index in [1.165, 1.54) is 11.7 Å². The van der Waals surface area contributed by atoms with Gasteiger partial charge < -0.3 is 9.30 Å². The Morgan fingerprint density at radius 3 is 2.73 bits per heavy atom. The number of halogens is 1. The minimum absolute atomic E-state index is 0.114. The van der Waals surface area contributed by atoms with E-state index in [1.807, 2.05) is 12.1 Å². The van der Waals surface area contributed by atoms with Crippen molar-refractivity contribution in [3.63, 3.8) is 0 Å². The number of hydrogen-bond acceptors (Lipinski definition) is 2. The van der Waals surface area contributed by atoms with Crippen molar-refractivity contribution in [1.29, 1.82) is 0 Å². The van der Waals surface area contributed by atoms with Crippen LogP contribution in [0.5, 0.6) is 5.75 Å². The van der Waals surface area contributed by atoms with Crippen molar-refractivity contribution in [3.8, 4) is 5.75 Å². The fourth-order valence-corrected chi connectivity index (χ4v) is 1.85. The van der Waals surface area contributed by atoms with Gasteiger partial charge in [0.25, 0.3) is 5.56 Å². The second-order valence-corrected chi connectivity index (χ2v) is 3.66. The van der Waals surface area contributed by atoms with E-state index < -0.39 is 0 Å². The molecular formula is C11H10ClNO2. The molecule has 0 saturated carbocycles. The number of hydrogen-bond donors (Lipinski definition) is 0. The van der Waals surface area contributed by atoms with E-state index in [0.29, 0.717) is 16.2 Å². The van der Waals surface area contributed by atoms with Crippen molar-refractivity contribution >= 4 is 22.4 Å². The van der Waals surface area contributed by atoms with E-state index in [2.05, 4.69) is 0 Å². The number of fused-ring (bicyclic) bond motifs is 1. The van der Waals surface area contributed by atoms with Crippen LogP contribution in [-0.2, 0) is 7.05 Å². The monoisotopic (exact) mass is 223 g/mol. The van der Waals surface area contributed by atoms with Gasteiger partial charge in [0.15, 0.2) is 0 Å². The summed E-state index contributed by atoms with van der Waals surface area (Å²) in [6.07, 6.45) is 1.72. The molecule has 15 heavy (non-hydrogen) atoms. The first-order valence-electron chi connectivity index (χ1n) is 4.47. The van der Waals surface area contributed by atoms with Gasteiger partial charge in [0.05, 0.1) is 17.5 Å². The molecule has 78 valence electrons. The van der Waals surface area contributed by atoms with Gasteiger partial charge in [-0.05, 0) is 17.5 Å². The molecule has 0 aliphatic carbocycles. The highest BCUT2D eigenvalue weighted by atomic mass is 35.5. The maximum atomic E-state index is 11.8.